The minimum atomic E-state index is -0.205. The first kappa shape index (κ1) is 11.5. The summed E-state index contributed by atoms with van der Waals surface area (Å²) >= 11 is 0. The number of morpholine rings is 1. The van der Waals surface area contributed by atoms with Crippen LogP contribution in [0.25, 0.3) is 0 Å². The van der Waals surface area contributed by atoms with Crippen LogP contribution in [0.2, 0.25) is 0 Å². The van der Waals surface area contributed by atoms with E-state index in [-0.39, 0.29) is 10.1 Å². The third-order valence-electron chi connectivity index (χ3n) is 2.12. The highest BCUT2D eigenvalue weighted by molar-refractivity contribution is 5.07. The summed E-state index contributed by atoms with van der Waals surface area (Å²) in [7, 11) is 0. The van der Waals surface area contributed by atoms with Crippen LogP contribution in [0.3, 0.4) is 0 Å². The molecule has 1 rings (SSSR count). The summed E-state index contributed by atoms with van der Waals surface area (Å²) in [6, 6.07) is 0. The van der Waals surface area contributed by atoms with Crippen molar-refractivity contribution in [3.8, 4) is 11.8 Å². The monoisotopic (exact) mass is 197 g/mol. The first-order valence-electron chi connectivity index (χ1n) is 5.06. The van der Waals surface area contributed by atoms with Crippen LogP contribution >= 0.6 is 0 Å². The normalized spacial score (nSPS) is 21.1. The Labute approximate surface area is 86.2 Å². The Morgan fingerprint density at radius 3 is 2.36 bits per heavy atom. The lowest BCUT2D eigenvalue weighted by atomic mass is 9.98. The van der Waals surface area contributed by atoms with Crippen molar-refractivity contribution in [2.75, 3.05) is 32.8 Å². The summed E-state index contributed by atoms with van der Waals surface area (Å²) in [5.41, 5.74) is -0.00849. The van der Waals surface area contributed by atoms with E-state index < -0.39 is 0 Å². The standard InChI is InChI=1S/C11H19NO2/c1-11(2,3)5-4-6-12(13)7-9-14-10-8-12/h6-10H2,1-3H3. The Balaban J connectivity index is 2.45. The third-order valence-corrected chi connectivity index (χ3v) is 2.12. The molecule has 0 spiro atoms. The zero-order valence-corrected chi connectivity index (χ0v) is 9.30. The lowest BCUT2D eigenvalue weighted by Crippen LogP contribution is -2.50. The maximum absolute atomic E-state index is 12.0. The molecule has 1 aliphatic heterocycles. The predicted octanol–water partition coefficient (Wildman–Crippen LogP) is 1.38. The minimum absolute atomic E-state index is 0.00849. The highest BCUT2D eigenvalue weighted by atomic mass is 16.6. The van der Waals surface area contributed by atoms with E-state index in [1.807, 2.05) is 0 Å². The van der Waals surface area contributed by atoms with Crippen molar-refractivity contribution in [2.45, 2.75) is 20.8 Å². The molecule has 0 aromatic rings. The number of ether oxygens (including phenoxy) is 1. The number of rotatable bonds is 1. The summed E-state index contributed by atoms with van der Waals surface area (Å²) in [6.45, 7) is 8.77. The van der Waals surface area contributed by atoms with Gasteiger partial charge in [-0.05, 0) is 26.7 Å². The molecule has 1 heterocycles. The van der Waals surface area contributed by atoms with Gasteiger partial charge in [-0.2, -0.15) is 0 Å². The molecule has 0 saturated carbocycles. The SMILES string of the molecule is CC(C)(C)C#CC[N+]1([O-])CCOCC1. The average Bonchev–Trinajstić information content (AvgIpc) is 2.02. The third kappa shape index (κ3) is 4.10. The van der Waals surface area contributed by atoms with E-state index in [0.29, 0.717) is 32.8 Å². The van der Waals surface area contributed by atoms with Gasteiger partial charge in [0.1, 0.15) is 19.6 Å². The van der Waals surface area contributed by atoms with Gasteiger partial charge in [-0.3, -0.25) is 0 Å². The van der Waals surface area contributed by atoms with Gasteiger partial charge in [-0.25, -0.2) is 0 Å². The van der Waals surface area contributed by atoms with Crippen molar-refractivity contribution < 1.29 is 9.38 Å². The molecule has 14 heavy (non-hydrogen) atoms. The van der Waals surface area contributed by atoms with Crippen LogP contribution in [0.1, 0.15) is 20.8 Å². The molecule has 3 nitrogen and oxygen atoms in total. The van der Waals surface area contributed by atoms with Gasteiger partial charge in [0.05, 0.1) is 13.2 Å². The first-order valence-corrected chi connectivity index (χ1v) is 5.06. The highest BCUT2D eigenvalue weighted by Crippen LogP contribution is 2.11. The van der Waals surface area contributed by atoms with Crippen LogP contribution in [0.5, 0.6) is 0 Å². The Bertz CT molecular complexity index is 238. The summed E-state index contributed by atoms with van der Waals surface area (Å²) in [6.07, 6.45) is 0. The maximum atomic E-state index is 12.0. The van der Waals surface area contributed by atoms with Gasteiger partial charge >= 0.3 is 0 Å². The molecule has 0 bridgehead atoms. The Hall–Kier alpha value is -0.560. The molecule has 0 N–H and O–H groups in total. The first-order chi connectivity index (χ1) is 6.41. The Kier molecular flexibility index (Phi) is 3.54. The largest absolute Gasteiger partial charge is 0.632 e. The van der Waals surface area contributed by atoms with E-state index >= 15 is 0 Å². The van der Waals surface area contributed by atoms with Crippen molar-refractivity contribution in [3.05, 3.63) is 5.21 Å². The van der Waals surface area contributed by atoms with Gasteiger partial charge in [0.15, 0.2) is 0 Å². The fraction of sp³-hybridized carbons (Fsp3) is 0.818. The van der Waals surface area contributed by atoms with Gasteiger partial charge in [-0.1, -0.05) is 5.92 Å². The molecular formula is C11H19NO2. The van der Waals surface area contributed by atoms with Crippen molar-refractivity contribution >= 4 is 0 Å². The van der Waals surface area contributed by atoms with Crippen LogP contribution in [-0.4, -0.2) is 37.5 Å². The Morgan fingerprint density at radius 1 is 1.29 bits per heavy atom. The van der Waals surface area contributed by atoms with Crippen LogP contribution in [-0.2, 0) is 4.74 Å². The molecule has 0 amide bonds. The molecule has 0 aromatic carbocycles. The molecule has 3 heteroatoms. The number of nitrogens with zero attached hydrogens (tertiary/aromatic N) is 1. The van der Waals surface area contributed by atoms with E-state index in [1.165, 1.54) is 0 Å². The number of hydroxylamine groups is 3. The maximum Gasteiger partial charge on any atom is 0.140 e. The molecule has 0 radical (unpaired) electrons. The number of hydrogen-bond acceptors (Lipinski definition) is 2. The van der Waals surface area contributed by atoms with Crippen LogP contribution in [0.4, 0.5) is 0 Å². The highest BCUT2D eigenvalue weighted by Gasteiger charge is 2.19. The van der Waals surface area contributed by atoms with Crippen LogP contribution < -0.4 is 0 Å². The molecule has 0 unspecified atom stereocenters. The van der Waals surface area contributed by atoms with Gasteiger partial charge in [0, 0.05) is 5.41 Å². The van der Waals surface area contributed by atoms with Gasteiger partial charge in [-0.15, -0.1) is 0 Å². The second-order valence-corrected chi connectivity index (χ2v) is 4.83. The Morgan fingerprint density at radius 2 is 1.86 bits per heavy atom. The van der Waals surface area contributed by atoms with Gasteiger partial charge in [0.25, 0.3) is 0 Å². The smallest absolute Gasteiger partial charge is 0.140 e. The average molecular weight is 197 g/mol. The topological polar surface area (TPSA) is 32.3 Å². The van der Waals surface area contributed by atoms with Crippen molar-refractivity contribution in [1.82, 2.24) is 0 Å². The van der Waals surface area contributed by atoms with E-state index in [2.05, 4.69) is 32.6 Å². The van der Waals surface area contributed by atoms with E-state index in [9.17, 15) is 5.21 Å². The minimum Gasteiger partial charge on any atom is -0.632 e. The predicted molar refractivity (Wildman–Crippen MR) is 56.3 cm³/mol. The number of hydrogen-bond donors (Lipinski definition) is 0. The summed E-state index contributed by atoms with van der Waals surface area (Å²) in [5, 5.41) is 12.0. The molecular weight excluding hydrogens is 178 g/mol. The fourth-order valence-electron chi connectivity index (χ4n) is 1.28. The van der Waals surface area contributed by atoms with Crippen LogP contribution in [0.15, 0.2) is 0 Å². The molecule has 1 saturated heterocycles. The second-order valence-electron chi connectivity index (χ2n) is 4.83. The van der Waals surface area contributed by atoms with E-state index in [0.717, 1.165) is 0 Å². The van der Waals surface area contributed by atoms with E-state index in [1.54, 1.807) is 0 Å². The van der Waals surface area contributed by atoms with E-state index in [4.69, 9.17) is 4.74 Å². The quantitative estimate of drug-likeness (QED) is 0.361. The molecule has 0 aliphatic carbocycles. The fourth-order valence-corrected chi connectivity index (χ4v) is 1.28. The van der Waals surface area contributed by atoms with Gasteiger partial charge in [0.2, 0.25) is 0 Å². The van der Waals surface area contributed by atoms with Gasteiger partial charge < -0.3 is 14.6 Å². The van der Waals surface area contributed by atoms with Crippen molar-refractivity contribution in [3.63, 3.8) is 0 Å². The molecule has 0 aromatic heterocycles. The number of quaternary nitrogens is 1. The summed E-state index contributed by atoms with van der Waals surface area (Å²) in [5.74, 6) is 6.08. The molecule has 1 aliphatic rings. The summed E-state index contributed by atoms with van der Waals surface area (Å²) in [4.78, 5) is 0. The lowest BCUT2D eigenvalue weighted by Gasteiger charge is -2.43. The second kappa shape index (κ2) is 4.31. The lowest BCUT2D eigenvalue weighted by molar-refractivity contribution is -0.881. The summed E-state index contributed by atoms with van der Waals surface area (Å²) < 4.78 is 4.94. The molecule has 1 fully saturated rings. The zero-order valence-electron chi connectivity index (χ0n) is 9.30. The molecule has 80 valence electrons. The molecule has 0 atom stereocenters. The van der Waals surface area contributed by atoms with Crippen molar-refractivity contribution in [2.24, 2.45) is 5.41 Å². The van der Waals surface area contributed by atoms with Crippen LogP contribution in [0, 0.1) is 22.5 Å². The zero-order chi connectivity index (χ0) is 10.7. The van der Waals surface area contributed by atoms with Crippen molar-refractivity contribution in [1.29, 1.82) is 0 Å².